The van der Waals surface area contributed by atoms with E-state index in [1.54, 1.807) is 0 Å². The van der Waals surface area contributed by atoms with Crippen LogP contribution in [0.5, 0.6) is 11.5 Å². The zero-order chi connectivity index (χ0) is 19.2. The highest BCUT2D eigenvalue weighted by Gasteiger charge is 2.47. The third kappa shape index (κ3) is 4.31. The zero-order valence-corrected chi connectivity index (χ0v) is 14.7. The van der Waals surface area contributed by atoms with Gasteiger partial charge in [0.15, 0.2) is 23.3 Å². The average molecular weight is 369 g/mol. The molecule has 9 nitrogen and oxygen atoms in total. The minimum atomic E-state index is -2.02. The van der Waals surface area contributed by atoms with Gasteiger partial charge in [0, 0.05) is 18.7 Å². The highest BCUT2D eigenvalue weighted by atomic mass is 16.6. The molecule has 0 radical (unpaired) electrons. The standard InChI is InChI=1S/C17H23NO8/c1-23-14-9-12(10-19)3-4-13(14)26-11-17(22,15(20)16(21)24-2)18-5-7-25-8-6-18/h3-4,9-10,15,20,22H,5-8,11H2,1-2H3. The van der Waals surface area contributed by atoms with E-state index in [4.69, 9.17) is 14.2 Å². The van der Waals surface area contributed by atoms with Gasteiger partial charge < -0.3 is 29.2 Å². The number of aliphatic hydroxyl groups excluding tert-OH is 1. The molecule has 2 N–H and O–H groups in total. The Morgan fingerprint density at radius 2 is 2.04 bits per heavy atom. The van der Waals surface area contributed by atoms with E-state index in [0.29, 0.717) is 38.2 Å². The maximum Gasteiger partial charge on any atom is 0.339 e. The van der Waals surface area contributed by atoms with Crippen molar-refractivity contribution in [2.75, 3.05) is 47.1 Å². The molecule has 1 heterocycles. The van der Waals surface area contributed by atoms with Crippen molar-refractivity contribution in [2.24, 2.45) is 0 Å². The second-order valence-corrected chi connectivity index (χ2v) is 5.72. The summed E-state index contributed by atoms with van der Waals surface area (Å²) < 4.78 is 20.6. The fraction of sp³-hybridized carbons (Fsp3) is 0.529. The van der Waals surface area contributed by atoms with Crippen molar-refractivity contribution in [1.82, 2.24) is 4.90 Å². The van der Waals surface area contributed by atoms with Gasteiger partial charge in [-0.3, -0.25) is 9.69 Å². The third-order valence-corrected chi connectivity index (χ3v) is 4.18. The van der Waals surface area contributed by atoms with Crippen molar-refractivity contribution >= 4 is 12.3 Å². The van der Waals surface area contributed by atoms with Crippen LogP contribution >= 0.6 is 0 Å². The van der Waals surface area contributed by atoms with Gasteiger partial charge in [-0.05, 0) is 18.2 Å². The maximum absolute atomic E-state index is 11.8. The second kappa shape index (κ2) is 8.95. The number of aldehydes is 1. The Labute approximate surface area is 151 Å². The smallest absolute Gasteiger partial charge is 0.339 e. The van der Waals surface area contributed by atoms with Crippen LogP contribution < -0.4 is 9.47 Å². The molecule has 26 heavy (non-hydrogen) atoms. The Morgan fingerprint density at radius 1 is 1.35 bits per heavy atom. The van der Waals surface area contributed by atoms with E-state index in [1.807, 2.05) is 0 Å². The van der Waals surface area contributed by atoms with Crippen LogP contribution in [0, 0.1) is 0 Å². The van der Waals surface area contributed by atoms with Crippen LogP contribution in [0.25, 0.3) is 0 Å². The van der Waals surface area contributed by atoms with Crippen molar-refractivity contribution in [3.8, 4) is 11.5 Å². The fourth-order valence-corrected chi connectivity index (χ4v) is 2.65. The highest BCUT2D eigenvalue weighted by molar-refractivity contribution is 5.76. The van der Waals surface area contributed by atoms with Crippen molar-refractivity contribution < 1.29 is 38.7 Å². The van der Waals surface area contributed by atoms with Crippen LogP contribution in [-0.2, 0) is 14.3 Å². The van der Waals surface area contributed by atoms with E-state index in [1.165, 1.54) is 30.2 Å². The van der Waals surface area contributed by atoms with Crippen molar-refractivity contribution in [1.29, 1.82) is 0 Å². The van der Waals surface area contributed by atoms with Gasteiger partial charge >= 0.3 is 5.97 Å². The van der Waals surface area contributed by atoms with Gasteiger partial charge in [-0.1, -0.05) is 0 Å². The number of esters is 1. The second-order valence-electron chi connectivity index (χ2n) is 5.72. The number of rotatable bonds is 8. The molecule has 0 spiro atoms. The SMILES string of the molecule is COC(=O)C(O)C(O)(COc1ccc(C=O)cc1OC)N1CCOCC1. The molecule has 2 unspecified atom stereocenters. The molecule has 2 rings (SSSR count). The first kappa shape index (κ1) is 20.1. The van der Waals surface area contributed by atoms with Crippen molar-refractivity contribution in [2.45, 2.75) is 11.8 Å². The van der Waals surface area contributed by atoms with Crippen LogP contribution in [-0.4, -0.2) is 86.3 Å². The van der Waals surface area contributed by atoms with E-state index in [0.717, 1.165) is 7.11 Å². The van der Waals surface area contributed by atoms with Crippen molar-refractivity contribution in [3.63, 3.8) is 0 Å². The van der Waals surface area contributed by atoms with Crippen LogP contribution in [0.4, 0.5) is 0 Å². The lowest BCUT2D eigenvalue weighted by Gasteiger charge is -2.42. The molecule has 1 saturated heterocycles. The van der Waals surface area contributed by atoms with Gasteiger partial charge in [-0.15, -0.1) is 0 Å². The largest absolute Gasteiger partial charge is 0.493 e. The quantitative estimate of drug-likeness (QED) is 0.460. The molecule has 0 aliphatic carbocycles. The summed E-state index contributed by atoms with van der Waals surface area (Å²) in [4.78, 5) is 24.2. The van der Waals surface area contributed by atoms with Crippen LogP contribution in [0.15, 0.2) is 18.2 Å². The first-order chi connectivity index (χ1) is 12.5. The number of hydrogen-bond donors (Lipinski definition) is 2. The molecule has 1 aliphatic heterocycles. The number of ether oxygens (including phenoxy) is 4. The first-order valence-corrected chi connectivity index (χ1v) is 8.03. The molecular formula is C17H23NO8. The Kier molecular flexibility index (Phi) is 6.92. The van der Waals surface area contributed by atoms with E-state index in [-0.39, 0.29) is 11.5 Å². The third-order valence-electron chi connectivity index (χ3n) is 4.18. The van der Waals surface area contributed by atoms with E-state index < -0.39 is 24.4 Å². The topological polar surface area (TPSA) is 115 Å². The summed E-state index contributed by atoms with van der Waals surface area (Å²) in [5, 5.41) is 21.3. The number of hydrogen-bond acceptors (Lipinski definition) is 9. The molecule has 1 aliphatic rings. The first-order valence-electron chi connectivity index (χ1n) is 8.03. The van der Waals surface area contributed by atoms with Gasteiger partial charge in [0.2, 0.25) is 0 Å². The lowest BCUT2D eigenvalue weighted by atomic mass is 10.0. The van der Waals surface area contributed by atoms with Crippen molar-refractivity contribution in [3.05, 3.63) is 23.8 Å². The average Bonchev–Trinajstić information content (AvgIpc) is 2.71. The fourth-order valence-electron chi connectivity index (χ4n) is 2.65. The molecule has 0 saturated carbocycles. The van der Waals surface area contributed by atoms with Crippen LogP contribution in [0.1, 0.15) is 10.4 Å². The van der Waals surface area contributed by atoms with E-state index >= 15 is 0 Å². The minimum absolute atomic E-state index is 0.252. The number of nitrogens with zero attached hydrogens (tertiary/aromatic N) is 1. The molecule has 2 atom stereocenters. The normalized spacial score (nSPS) is 18.5. The molecule has 0 bridgehead atoms. The molecule has 0 aromatic heterocycles. The number of methoxy groups -OCH3 is 2. The molecule has 1 fully saturated rings. The Morgan fingerprint density at radius 3 is 2.62 bits per heavy atom. The molecule has 0 amide bonds. The maximum atomic E-state index is 11.8. The summed E-state index contributed by atoms with van der Waals surface area (Å²) in [7, 11) is 2.53. The Bertz CT molecular complexity index is 631. The summed E-state index contributed by atoms with van der Waals surface area (Å²) in [5.41, 5.74) is -1.63. The number of aliphatic hydroxyl groups is 2. The van der Waals surface area contributed by atoms with E-state index in [9.17, 15) is 19.8 Å². The molecule has 9 heteroatoms. The van der Waals surface area contributed by atoms with E-state index in [2.05, 4.69) is 4.74 Å². The van der Waals surface area contributed by atoms with Gasteiger partial charge in [0.05, 0.1) is 27.4 Å². The van der Waals surface area contributed by atoms with Gasteiger partial charge in [-0.25, -0.2) is 4.79 Å². The van der Waals surface area contributed by atoms with Gasteiger partial charge in [-0.2, -0.15) is 0 Å². The summed E-state index contributed by atoms with van der Waals surface area (Å²) >= 11 is 0. The molecule has 144 valence electrons. The predicted molar refractivity (Wildman–Crippen MR) is 89.2 cm³/mol. The number of benzene rings is 1. The molecule has 1 aromatic rings. The molecule has 1 aromatic carbocycles. The molecular weight excluding hydrogens is 346 g/mol. The summed E-state index contributed by atoms with van der Waals surface area (Å²) in [6, 6.07) is 4.51. The van der Waals surface area contributed by atoms with Crippen LogP contribution in [0.3, 0.4) is 0 Å². The summed E-state index contributed by atoms with van der Waals surface area (Å²) in [5.74, 6) is -0.445. The van der Waals surface area contributed by atoms with Gasteiger partial charge in [0.25, 0.3) is 0 Å². The predicted octanol–water partition coefficient (Wildman–Crippen LogP) is -0.559. The lowest BCUT2D eigenvalue weighted by molar-refractivity contribution is -0.221. The lowest BCUT2D eigenvalue weighted by Crippen LogP contribution is -2.65. The van der Waals surface area contributed by atoms with Gasteiger partial charge in [0.1, 0.15) is 12.9 Å². The highest BCUT2D eigenvalue weighted by Crippen LogP contribution is 2.30. The number of carbonyl (C=O) groups is 2. The number of carbonyl (C=O) groups excluding carboxylic acids is 2. The summed E-state index contributed by atoms with van der Waals surface area (Å²) in [6.07, 6.45) is -1.18. The Balaban J connectivity index is 2.24. The summed E-state index contributed by atoms with van der Waals surface area (Å²) in [6.45, 7) is 0.853. The van der Waals surface area contributed by atoms with Crippen LogP contribution in [0.2, 0.25) is 0 Å². The zero-order valence-electron chi connectivity index (χ0n) is 14.7. The number of morpholine rings is 1. The minimum Gasteiger partial charge on any atom is -0.493 e. The monoisotopic (exact) mass is 369 g/mol. The Hall–Kier alpha value is -2.20.